The van der Waals surface area contributed by atoms with Crippen LogP contribution in [0.15, 0.2) is 24.3 Å². The molecule has 0 aromatic heterocycles. The smallest absolute Gasteiger partial charge is 0.0166 e. The minimum Gasteiger partial charge on any atom is -0.325 e. The van der Waals surface area contributed by atoms with Gasteiger partial charge in [-0.15, -0.1) is 0 Å². The van der Waals surface area contributed by atoms with Crippen LogP contribution in [0.4, 0.5) is 0 Å². The third-order valence-corrected chi connectivity index (χ3v) is 3.25. The molecule has 0 aliphatic carbocycles. The quantitative estimate of drug-likeness (QED) is 0.752. The van der Waals surface area contributed by atoms with Crippen molar-refractivity contribution in [1.82, 2.24) is 0 Å². The fourth-order valence-corrected chi connectivity index (χ4v) is 2.45. The van der Waals surface area contributed by atoms with Crippen LogP contribution in [0, 0.1) is 0 Å². The minimum atomic E-state index is -0.173. The van der Waals surface area contributed by atoms with E-state index in [1.54, 1.807) is 0 Å². The Kier molecular flexibility index (Phi) is 4.23. The molecular weight excluding hydrogens is 202 g/mol. The second-order valence-electron chi connectivity index (χ2n) is 4.64. The Morgan fingerprint density at radius 1 is 1.33 bits per heavy atom. The summed E-state index contributed by atoms with van der Waals surface area (Å²) < 4.78 is 0. The summed E-state index contributed by atoms with van der Waals surface area (Å²) in [5, 5.41) is 0. The van der Waals surface area contributed by atoms with Gasteiger partial charge < -0.3 is 5.73 Å². The van der Waals surface area contributed by atoms with Crippen molar-refractivity contribution in [3.63, 3.8) is 0 Å². The largest absolute Gasteiger partial charge is 0.325 e. The zero-order valence-corrected chi connectivity index (χ0v) is 10.7. The Labute approximate surface area is 98.5 Å². The second-order valence-corrected chi connectivity index (χ2v) is 4.96. The van der Waals surface area contributed by atoms with E-state index in [1.165, 1.54) is 11.1 Å². The Morgan fingerprint density at radius 2 is 1.93 bits per heavy atom. The predicted octanol–water partition coefficient (Wildman–Crippen LogP) is 3.35. The summed E-state index contributed by atoms with van der Waals surface area (Å²) in [5.41, 5.74) is 8.70. The van der Waals surface area contributed by atoms with Crippen LogP contribution in [0.1, 0.15) is 44.2 Å². The lowest BCUT2D eigenvalue weighted by atomic mass is 9.79. The van der Waals surface area contributed by atoms with Crippen molar-refractivity contribution >= 4 is 12.6 Å². The highest BCUT2D eigenvalue weighted by molar-refractivity contribution is 7.79. The highest BCUT2D eigenvalue weighted by Crippen LogP contribution is 2.32. The van der Waals surface area contributed by atoms with E-state index in [1.807, 2.05) is 0 Å². The fourth-order valence-electron chi connectivity index (χ4n) is 2.16. The van der Waals surface area contributed by atoms with Crippen LogP contribution in [0.25, 0.3) is 0 Å². The molecule has 0 aliphatic rings. The number of hydrogen-bond acceptors (Lipinski definition) is 2. The maximum atomic E-state index is 6.22. The molecule has 1 unspecified atom stereocenters. The number of nitrogens with two attached hydrogens (primary N) is 1. The zero-order valence-electron chi connectivity index (χ0n) is 9.83. The van der Waals surface area contributed by atoms with Gasteiger partial charge in [0, 0.05) is 17.2 Å². The molecule has 1 atom stereocenters. The first kappa shape index (κ1) is 12.6. The van der Waals surface area contributed by atoms with Crippen molar-refractivity contribution in [1.29, 1.82) is 0 Å². The van der Waals surface area contributed by atoms with Crippen molar-refractivity contribution in [2.45, 2.75) is 44.4 Å². The molecule has 84 valence electrons. The van der Waals surface area contributed by atoms with Gasteiger partial charge in [-0.2, -0.15) is 12.6 Å². The maximum absolute atomic E-state index is 6.22. The van der Waals surface area contributed by atoms with Crippen molar-refractivity contribution < 1.29 is 0 Å². The summed E-state index contributed by atoms with van der Waals surface area (Å²) in [6.45, 7) is 6.38. The summed E-state index contributed by atoms with van der Waals surface area (Å²) in [6, 6.07) is 8.45. The van der Waals surface area contributed by atoms with Gasteiger partial charge in [-0.05, 0) is 31.4 Å². The first-order chi connectivity index (χ1) is 7.00. The topological polar surface area (TPSA) is 26.0 Å². The second kappa shape index (κ2) is 5.04. The maximum Gasteiger partial charge on any atom is 0.0166 e. The molecule has 0 saturated carbocycles. The van der Waals surface area contributed by atoms with Crippen LogP contribution in [-0.4, -0.2) is 5.54 Å². The van der Waals surface area contributed by atoms with Gasteiger partial charge in [0.15, 0.2) is 0 Å². The summed E-state index contributed by atoms with van der Waals surface area (Å²) in [4.78, 5) is 0. The van der Waals surface area contributed by atoms with E-state index in [0.29, 0.717) is 5.92 Å². The third-order valence-electron chi connectivity index (χ3n) is 2.91. The highest BCUT2D eigenvalue weighted by atomic mass is 32.1. The van der Waals surface area contributed by atoms with Crippen molar-refractivity contribution in [2.75, 3.05) is 0 Å². The van der Waals surface area contributed by atoms with Crippen molar-refractivity contribution in [2.24, 2.45) is 5.73 Å². The number of thiol groups is 1. The van der Waals surface area contributed by atoms with Gasteiger partial charge in [-0.3, -0.25) is 0 Å². The van der Waals surface area contributed by atoms with Crippen LogP contribution in [0.2, 0.25) is 0 Å². The first-order valence-electron chi connectivity index (χ1n) is 5.48. The fraction of sp³-hybridized carbons (Fsp3) is 0.538. The zero-order chi connectivity index (χ0) is 11.5. The Bertz CT molecular complexity index is 315. The number of benzene rings is 1. The Morgan fingerprint density at radius 3 is 2.40 bits per heavy atom. The SMILES string of the molecule is CCC(c1ccccc1CS)C(C)(C)N. The first-order valence-corrected chi connectivity index (χ1v) is 6.11. The summed E-state index contributed by atoms with van der Waals surface area (Å²) in [5.74, 6) is 1.18. The average Bonchev–Trinajstić information content (AvgIpc) is 2.17. The molecule has 1 aromatic rings. The van der Waals surface area contributed by atoms with Crippen LogP contribution in [0.3, 0.4) is 0 Å². The minimum absolute atomic E-state index is 0.173. The number of hydrogen-bond donors (Lipinski definition) is 2. The van der Waals surface area contributed by atoms with Crippen molar-refractivity contribution in [3.8, 4) is 0 Å². The molecule has 0 amide bonds. The number of rotatable bonds is 4. The molecule has 0 radical (unpaired) electrons. The highest BCUT2D eigenvalue weighted by Gasteiger charge is 2.26. The van der Waals surface area contributed by atoms with E-state index in [-0.39, 0.29) is 5.54 Å². The van der Waals surface area contributed by atoms with Crippen LogP contribution in [0.5, 0.6) is 0 Å². The monoisotopic (exact) mass is 223 g/mol. The van der Waals surface area contributed by atoms with Gasteiger partial charge in [0.1, 0.15) is 0 Å². The average molecular weight is 223 g/mol. The summed E-state index contributed by atoms with van der Waals surface area (Å²) in [7, 11) is 0. The van der Waals surface area contributed by atoms with E-state index in [9.17, 15) is 0 Å². The molecule has 0 fully saturated rings. The van der Waals surface area contributed by atoms with Crippen LogP contribution >= 0.6 is 12.6 Å². The normalized spacial score (nSPS) is 13.9. The molecule has 0 heterocycles. The molecule has 0 spiro atoms. The van der Waals surface area contributed by atoms with E-state index in [2.05, 4.69) is 57.7 Å². The van der Waals surface area contributed by atoms with Gasteiger partial charge in [-0.25, -0.2) is 0 Å². The molecule has 0 saturated heterocycles. The Balaban J connectivity index is 3.12. The van der Waals surface area contributed by atoms with E-state index in [0.717, 1.165) is 12.2 Å². The third kappa shape index (κ3) is 2.99. The summed E-state index contributed by atoms with van der Waals surface area (Å²) in [6.07, 6.45) is 1.06. The lowest BCUT2D eigenvalue weighted by Crippen LogP contribution is -2.39. The molecule has 2 heteroatoms. The van der Waals surface area contributed by atoms with Gasteiger partial charge in [0.05, 0.1) is 0 Å². The Hall–Kier alpha value is -0.470. The molecule has 1 rings (SSSR count). The summed E-state index contributed by atoms with van der Waals surface area (Å²) >= 11 is 4.37. The van der Waals surface area contributed by atoms with E-state index < -0.39 is 0 Å². The molecule has 15 heavy (non-hydrogen) atoms. The lowest BCUT2D eigenvalue weighted by molar-refractivity contribution is 0.400. The molecular formula is C13H21NS. The molecule has 0 bridgehead atoms. The standard InChI is InChI=1S/C13H21NS/c1-4-12(13(2,3)14)11-8-6-5-7-10(11)9-15/h5-8,12,15H,4,9,14H2,1-3H3. The van der Waals surface area contributed by atoms with Crippen LogP contribution in [-0.2, 0) is 5.75 Å². The van der Waals surface area contributed by atoms with Gasteiger partial charge >= 0.3 is 0 Å². The van der Waals surface area contributed by atoms with Crippen LogP contribution < -0.4 is 5.73 Å². The predicted molar refractivity (Wildman–Crippen MR) is 70.4 cm³/mol. The molecule has 2 N–H and O–H groups in total. The molecule has 0 aliphatic heterocycles. The lowest BCUT2D eigenvalue weighted by Gasteiger charge is -2.31. The van der Waals surface area contributed by atoms with Gasteiger partial charge in [-0.1, -0.05) is 31.2 Å². The van der Waals surface area contributed by atoms with Gasteiger partial charge in [0.2, 0.25) is 0 Å². The van der Waals surface area contributed by atoms with Gasteiger partial charge in [0.25, 0.3) is 0 Å². The van der Waals surface area contributed by atoms with Crippen molar-refractivity contribution in [3.05, 3.63) is 35.4 Å². The van der Waals surface area contributed by atoms with E-state index in [4.69, 9.17) is 5.73 Å². The molecule has 1 nitrogen and oxygen atoms in total. The molecule has 1 aromatic carbocycles. The van der Waals surface area contributed by atoms with E-state index >= 15 is 0 Å².